The zero-order valence-corrected chi connectivity index (χ0v) is 22.9. The minimum Gasteiger partial charge on any atom is -0.356 e. The first kappa shape index (κ1) is 28.1. The largest absolute Gasteiger partial charge is 0.356 e. The van der Waals surface area contributed by atoms with Crippen LogP contribution < -0.4 is 0 Å². The normalized spacial score (nSPS) is 20.7. The number of carbonyl (C=O) groups excluding carboxylic acids is 1. The van der Waals surface area contributed by atoms with E-state index in [1.54, 1.807) is 0 Å². The number of piperidine rings is 1. The highest BCUT2D eigenvalue weighted by Crippen LogP contribution is 2.35. The summed E-state index contributed by atoms with van der Waals surface area (Å²) in [7, 11) is 0. The van der Waals surface area contributed by atoms with Crippen molar-refractivity contribution < 1.29 is 9.32 Å². The maximum absolute atomic E-state index is 12.5. The Labute approximate surface area is 218 Å². The molecule has 1 aromatic heterocycles. The number of rotatable bonds is 7. The Balaban J connectivity index is 0.000000861. The number of aromatic nitrogens is 1. The predicted octanol–water partition coefficient (Wildman–Crippen LogP) is 8.53. The highest BCUT2D eigenvalue weighted by Gasteiger charge is 2.27. The van der Waals surface area contributed by atoms with Gasteiger partial charge in [0.15, 0.2) is 11.4 Å². The third kappa shape index (κ3) is 7.52. The molecular formula is C32H46N2O2. The molecule has 5 rings (SSSR count). The van der Waals surface area contributed by atoms with Gasteiger partial charge in [0, 0.05) is 23.3 Å². The molecule has 0 amide bonds. The van der Waals surface area contributed by atoms with Crippen molar-refractivity contribution in [3.63, 3.8) is 0 Å². The number of carbonyl (C=O) groups is 1. The molecule has 2 aliphatic rings. The van der Waals surface area contributed by atoms with E-state index in [1.165, 1.54) is 56.9 Å². The first-order valence-electron chi connectivity index (χ1n) is 14.4. The van der Waals surface area contributed by atoms with Crippen molar-refractivity contribution in [1.29, 1.82) is 0 Å². The number of hydrogen-bond acceptors (Lipinski definition) is 4. The van der Waals surface area contributed by atoms with E-state index in [1.807, 2.05) is 70.2 Å². The maximum atomic E-state index is 12.5. The van der Waals surface area contributed by atoms with Gasteiger partial charge in [0.1, 0.15) is 0 Å². The lowest BCUT2D eigenvalue weighted by Crippen LogP contribution is -2.35. The van der Waals surface area contributed by atoms with Crippen LogP contribution in [0.25, 0.3) is 11.0 Å². The van der Waals surface area contributed by atoms with Gasteiger partial charge in [0.05, 0.1) is 5.69 Å². The summed E-state index contributed by atoms with van der Waals surface area (Å²) >= 11 is 0. The van der Waals surface area contributed by atoms with Gasteiger partial charge in [-0.25, -0.2) is 0 Å². The molecule has 4 nitrogen and oxygen atoms in total. The lowest BCUT2D eigenvalue weighted by atomic mass is 9.78. The number of para-hydroxylation sites is 1. The summed E-state index contributed by atoms with van der Waals surface area (Å²) in [6, 6.07) is 18.0. The Morgan fingerprint density at radius 1 is 0.833 bits per heavy atom. The Bertz CT molecular complexity index is 1010. The molecule has 1 saturated carbocycles. The molecule has 1 aliphatic carbocycles. The molecule has 0 bridgehead atoms. The second-order valence-electron chi connectivity index (χ2n) is 9.85. The highest BCUT2D eigenvalue weighted by molar-refractivity contribution is 5.96. The molecule has 2 fully saturated rings. The van der Waals surface area contributed by atoms with Crippen LogP contribution in [0.3, 0.4) is 0 Å². The Hall–Kier alpha value is -2.46. The van der Waals surface area contributed by atoms with E-state index < -0.39 is 0 Å². The zero-order valence-electron chi connectivity index (χ0n) is 22.9. The van der Waals surface area contributed by atoms with Crippen molar-refractivity contribution in [1.82, 2.24) is 10.1 Å². The second kappa shape index (κ2) is 14.9. The SMILES string of the molecule is CC.CC.O=C(CC1CCC(CCN2CCC(c3noc4ccccc34)CC2)CC1)c1ccccc1. The minimum absolute atomic E-state index is 0.316. The molecule has 2 heterocycles. The van der Waals surface area contributed by atoms with Gasteiger partial charge in [-0.2, -0.15) is 0 Å². The highest BCUT2D eigenvalue weighted by atomic mass is 16.5. The molecule has 0 spiro atoms. The number of likely N-dealkylation sites (tertiary alicyclic amines) is 1. The molecule has 36 heavy (non-hydrogen) atoms. The Kier molecular flexibility index (Phi) is 11.7. The van der Waals surface area contributed by atoms with Crippen LogP contribution in [0.4, 0.5) is 0 Å². The summed E-state index contributed by atoms with van der Waals surface area (Å²) in [6.45, 7) is 11.5. The third-order valence-corrected chi connectivity index (χ3v) is 7.77. The maximum Gasteiger partial charge on any atom is 0.167 e. The first-order valence-corrected chi connectivity index (χ1v) is 14.4. The molecule has 4 heteroatoms. The van der Waals surface area contributed by atoms with Crippen LogP contribution in [0.1, 0.15) is 101 Å². The van der Waals surface area contributed by atoms with Crippen molar-refractivity contribution in [2.45, 2.75) is 85.0 Å². The number of hydrogen-bond donors (Lipinski definition) is 0. The van der Waals surface area contributed by atoms with Crippen LogP contribution in [0.5, 0.6) is 0 Å². The lowest BCUT2D eigenvalue weighted by molar-refractivity contribution is 0.0939. The van der Waals surface area contributed by atoms with Crippen LogP contribution >= 0.6 is 0 Å². The predicted molar refractivity (Wildman–Crippen MR) is 151 cm³/mol. The van der Waals surface area contributed by atoms with Crippen molar-refractivity contribution in [3.05, 3.63) is 65.9 Å². The number of ketones is 1. The summed E-state index contributed by atoms with van der Waals surface area (Å²) in [5, 5.41) is 5.58. The van der Waals surface area contributed by atoms with Crippen LogP contribution in [0.15, 0.2) is 59.1 Å². The molecule has 1 aliphatic heterocycles. The first-order chi connectivity index (χ1) is 17.8. The van der Waals surface area contributed by atoms with E-state index in [4.69, 9.17) is 4.52 Å². The van der Waals surface area contributed by atoms with E-state index in [0.29, 0.717) is 17.6 Å². The molecule has 2 aromatic carbocycles. The van der Waals surface area contributed by atoms with Gasteiger partial charge < -0.3 is 9.42 Å². The average Bonchev–Trinajstić information content (AvgIpc) is 3.40. The number of benzene rings is 2. The summed E-state index contributed by atoms with van der Waals surface area (Å²) in [5.41, 5.74) is 2.94. The summed E-state index contributed by atoms with van der Waals surface area (Å²) in [5.74, 6) is 2.24. The van der Waals surface area contributed by atoms with Crippen molar-refractivity contribution in [3.8, 4) is 0 Å². The minimum atomic E-state index is 0.316. The summed E-state index contributed by atoms with van der Waals surface area (Å²) < 4.78 is 5.53. The number of nitrogens with zero attached hydrogens (tertiary/aromatic N) is 2. The van der Waals surface area contributed by atoms with Gasteiger partial charge in [-0.15, -0.1) is 0 Å². The van der Waals surface area contributed by atoms with Crippen LogP contribution in [0, 0.1) is 11.8 Å². The van der Waals surface area contributed by atoms with Gasteiger partial charge >= 0.3 is 0 Å². The van der Waals surface area contributed by atoms with E-state index in [0.717, 1.165) is 42.3 Å². The molecule has 196 valence electrons. The van der Waals surface area contributed by atoms with E-state index in [2.05, 4.69) is 22.2 Å². The zero-order chi connectivity index (χ0) is 25.8. The number of fused-ring (bicyclic) bond motifs is 1. The Morgan fingerprint density at radius 2 is 1.44 bits per heavy atom. The van der Waals surface area contributed by atoms with E-state index >= 15 is 0 Å². The molecule has 0 atom stereocenters. The molecule has 0 radical (unpaired) electrons. The average molecular weight is 491 g/mol. The van der Waals surface area contributed by atoms with E-state index in [-0.39, 0.29) is 0 Å². The van der Waals surface area contributed by atoms with Crippen LogP contribution in [0.2, 0.25) is 0 Å². The quantitative estimate of drug-likeness (QED) is 0.311. The lowest BCUT2D eigenvalue weighted by Gasteiger charge is -2.34. The fourth-order valence-electron chi connectivity index (χ4n) is 5.72. The topological polar surface area (TPSA) is 46.3 Å². The van der Waals surface area contributed by atoms with Gasteiger partial charge in [0.25, 0.3) is 0 Å². The third-order valence-electron chi connectivity index (χ3n) is 7.77. The van der Waals surface area contributed by atoms with Crippen molar-refractivity contribution in [2.75, 3.05) is 19.6 Å². The van der Waals surface area contributed by atoms with Crippen LogP contribution in [-0.4, -0.2) is 35.5 Å². The van der Waals surface area contributed by atoms with Crippen LogP contribution in [-0.2, 0) is 0 Å². The fraction of sp³-hybridized carbons (Fsp3) is 0.562. The van der Waals surface area contributed by atoms with Gasteiger partial charge in [-0.3, -0.25) is 4.79 Å². The summed E-state index contributed by atoms with van der Waals surface area (Å²) in [6.07, 6.45) is 9.37. The van der Waals surface area contributed by atoms with E-state index in [9.17, 15) is 4.79 Å². The van der Waals surface area contributed by atoms with Gasteiger partial charge in [0.2, 0.25) is 0 Å². The molecule has 3 aromatic rings. The summed E-state index contributed by atoms with van der Waals surface area (Å²) in [4.78, 5) is 15.1. The standard InChI is InChI=1S/C28H34N2O2.2C2H6/c31-26(23-6-2-1-3-7-23)20-22-12-10-21(11-13-22)14-17-30-18-15-24(16-19-30)28-25-8-4-5-9-27(25)32-29-28;2*1-2/h1-9,21-22,24H,10-20H2;2*1-2H3. The Morgan fingerprint density at radius 3 is 2.14 bits per heavy atom. The molecular weight excluding hydrogens is 444 g/mol. The monoisotopic (exact) mass is 490 g/mol. The van der Waals surface area contributed by atoms with Crippen molar-refractivity contribution >= 4 is 16.8 Å². The molecule has 1 saturated heterocycles. The second-order valence-corrected chi connectivity index (χ2v) is 9.85. The van der Waals surface area contributed by atoms with Gasteiger partial charge in [-0.1, -0.05) is 88.2 Å². The fourth-order valence-corrected chi connectivity index (χ4v) is 5.72. The smallest absolute Gasteiger partial charge is 0.167 e. The molecule has 0 N–H and O–H groups in total. The van der Waals surface area contributed by atoms with Gasteiger partial charge in [-0.05, 0) is 75.7 Å². The van der Waals surface area contributed by atoms with Crippen molar-refractivity contribution in [2.24, 2.45) is 11.8 Å². The number of Topliss-reactive ketones (excluding diaryl/α,β-unsaturated/α-hetero) is 1. The molecule has 0 unspecified atom stereocenters.